The second-order valence-electron chi connectivity index (χ2n) is 5.63. The van der Waals surface area contributed by atoms with Crippen molar-refractivity contribution < 1.29 is 9.53 Å². The quantitative estimate of drug-likeness (QED) is 0.399. The number of nitrogens with two attached hydrogens (primary N) is 1. The third-order valence-electron chi connectivity index (χ3n) is 3.68. The van der Waals surface area contributed by atoms with Crippen LogP contribution in [0.25, 0.3) is 5.69 Å². The predicted molar refractivity (Wildman–Crippen MR) is 108 cm³/mol. The molecular formula is C20H21ClN4O2. The Kier molecular flexibility index (Phi) is 7.14. The fraction of sp³-hybridized carbons (Fsp3) is 0.150. The summed E-state index contributed by atoms with van der Waals surface area (Å²) in [5.74, 6) is -0.122. The SMILES string of the molecule is CCOC(=O)c1nn(-c2ccccc2)cc1N=C(N)Cc1ccccc1.Cl. The topological polar surface area (TPSA) is 82.5 Å². The van der Waals surface area contributed by atoms with E-state index in [1.54, 1.807) is 17.8 Å². The van der Waals surface area contributed by atoms with Gasteiger partial charge < -0.3 is 10.5 Å². The van der Waals surface area contributed by atoms with Gasteiger partial charge in [0.15, 0.2) is 5.69 Å². The van der Waals surface area contributed by atoms with Crippen molar-refractivity contribution in [3.8, 4) is 5.69 Å². The molecule has 27 heavy (non-hydrogen) atoms. The monoisotopic (exact) mass is 384 g/mol. The van der Waals surface area contributed by atoms with Gasteiger partial charge in [-0.2, -0.15) is 5.10 Å². The third kappa shape index (κ3) is 5.18. The molecule has 2 N–H and O–H groups in total. The number of nitrogens with zero attached hydrogens (tertiary/aromatic N) is 3. The molecule has 0 saturated heterocycles. The maximum absolute atomic E-state index is 12.2. The molecule has 0 aliphatic carbocycles. The van der Waals surface area contributed by atoms with Gasteiger partial charge in [0.2, 0.25) is 0 Å². The van der Waals surface area contributed by atoms with Crippen LogP contribution in [-0.4, -0.2) is 28.2 Å². The first-order chi connectivity index (χ1) is 12.7. The van der Waals surface area contributed by atoms with Crippen molar-refractivity contribution in [2.24, 2.45) is 10.7 Å². The zero-order valence-electron chi connectivity index (χ0n) is 14.9. The highest BCUT2D eigenvalue weighted by molar-refractivity contribution is 5.95. The summed E-state index contributed by atoms with van der Waals surface area (Å²) < 4.78 is 6.69. The van der Waals surface area contributed by atoms with E-state index < -0.39 is 5.97 Å². The molecule has 0 aliphatic heterocycles. The first-order valence-corrected chi connectivity index (χ1v) is 8.36. The van der Waals surface area contributed by atoms with E-state index in [1.165, 1.54) is 0 Å². The van der Waals surface area contributed by atoms with E-state index in [1.807, 2.05) is 60.7 Å². The molecule has 0 spiro atoms. The van der Waals surface area contributed by atoms with Gasteiger partial charge in [-0.3, -0.25) is 0 Å². The zero-order valence-corrected chi connectivity index (χ0v) is 15.7. The first-order valence-electron chi connectivity index (χ1n) is 8.36. The number of hydrogen-bond donors (Lipinski definition) is 1. The van der Waals surface area contributed by atoms with Crippen molar-refractivity contribution in [3.63, 3.8) is 0 Å². The number of benzene rings is 2. The van der Waals surface area contributed by atoms with Gasteiger partial charge in [-0.1, -0.05) is 48.5 Å². The molecule has 3 aromatic rings. The van der Waals surface area contributed by atoms with Crippen LogP contribution in [0.15, 0.2) is 71.9 Å². The molecule has 0 aliphatic rings. The van der Waals surface area contributed by atoms with Gasteiger partial charge >= 0.3 is 5.97 Å². The number of esters is 1. The van der Waals surface area contributed by atoms with Gasteiger partial charge in [-0.05, 0) is 24.6 Å². The number of rotatable bonds is 6. The van der Waals surface area contributed by atoms with Crippen LogP contribution in [0.2, 0.25) is 0 Å². The van der Waals surface area contributed by atoms with Crippen molar-refractivity contribution in [3.05, 3.63) is 78.1 Å². The number of ether oxygens (including phenoxy) is 1. The highest BCUT2D eigenvalue weighted by Gasteiger charge is 2.19. The number of para-hydroxylation sites is 1. The molecule has 0 radical (unpaired) electrons. The van der Waals surface area contributed by atoms with Crippen molar-refractivity contribution >= 4 is 29.9 Å². The fourth-order valence-corrected chi connectivity index (χ4v) is 2.50. The average Bonchev–Trinajstić information content (AvgIpc) is 3.07. The molecule has 6 nitrogen and oxygen atoms in total. The number of carbonyl (C=O) groups excluding carboxylic acids is 1. The summed E-state index contributed by atoms with van der Waals surface area (Å²) in [7, 11) is 0. The summed E-state index contributed by atoms with van der Waals surface area (Å²) in [6.07, 6.45) is 2.17. The van der Waals surface area contributed by atoms with Gasteiger partial charge in [0.1, 0.15) is 11.5 Å². The predicted octanol–water partition coefficient (Wildman–Crippen LogP) is 3.70. The van der Waals surface area contributed by atoms with Crippen molar-refractivity contribution in [2.45, 2.75) is 13.3 Å². The minimum absolute atomic E-state index is 0. The lowest BCUT2D eigenvalue weighted by atomic mass is 10.1. The molecule has 2 aromatic carbocycles. The Balaban J connectivity index is 0.00000261. The summed E-state index contributed by atoms with van der Waals surface area (Å²) in [5, 5.41) is 4.34. The molecule has 1 heterocycles. The van der Waals surface area contributed by atoms with E-state index >= 15 is 0 Å². The van der Waals surface area contributed by atoms with E-state index in [-0.39, 0.29) is 24.7 Å². The van der Waals surface area contributed by atoms with E-state index in [4.69, 9.17) is 10.5 Å². The van der Waals surface area contributed by atoms with Gasteiger partial charge in [-0.15, -0.1) is 12.4 Å². The minimum Gasteiger partial charge on any atom is -0.461 e. The van der Waals surface area contributed by atoms with Crippen molar-refractivity contribution in [1.82, 2.24) is 9.78 Å². The Morgan fingerprint density at radius 1 is 1.11 bits per heavy atom. The number of carbonyl (C=O) groups is 1. The van der Waals surface area contributed by atoms with Crippen LogP contribution in [0.1, 0.15) is 23.0 Å². The molecule has 0 saturated carbocycles. The van der Waals surface area contributed by atoms with E-state index in [9.17, 15) is 4.79 Å². The molecule has 140 valence electrons. The maximum atomic E-state index is 12.2. The smallest absolute Gasteiger partial charge is 0.361 e. The molecule has 0 unspecified atom stereocenters. The maximum Gasteiger partial charge on any atom is 0.361 e. The molecule has 1 aromatic heterocycles. The standard InChI is InChI=1S/C20H20N4O2.ClH/c1-2-26-20(25)19-17(14-24(23-19)16-11-7-4-8-12-16)22-18(21)13-15-9-5-3-6-10-15;/h3-12,14H,2,13H2,1H3,(H2,21,22);1H. The summed E-state index contributed by atoms with van der Waals surface area (Å²) in [6.45, 7) is 2.01. The summed E-state index contributed by atoms with van der Waals surface area (Å²) in [5.41, 5.74) is 8.49. The van der Waals surface area contributed by atoms with Gasteiger partial charge in [0.05, 0.1) is 18.5 Å². The number of aromatic nitrogens is 2. The van der Waals surface area contributed by atoms with Crippen LogP contribution in [0.3, 0.4) is 0 Å². The minimum atomic E-state index is -0.520. The van der Waals surface area contributed by atoms with Crippen molar-refractivity contribution in [2.75, 3.05) is 6.61 Å². The molecule has 0 bridgehead atoms. The Morgan fingerprint density at radius 3 is 2.37 bits per heavy atom. The van der Waals surface area contributed by atoms with Crippen LogP contribution in [0.4, 0.5) is 5.69 Å². The average molecular weight is 385 g/mol. The van der Waals surface area contributed by atoms with Crippen LogP contribution in [-0.2, 0) is 11.2 Å². The number of amidine groups is 1. The van der Waals surface area contributed by atoms with E-state index in [0.717, 1.165) is 11.3 Å². The van der Waals surface area contributed by atoms with Gasteiger partial charge in [-0.25, -0.2) is 14.5 Å². The van der Waals surface area contributed by atoms with Crippen LogP contribution >= 0.6 is 12.4 Å². The normalized spacial score (nSPS) is 10.9. The Bertz CT molecular complexity index is 908. The van der Waals surface area contributed by atoms with Crippen LogP contribution in [0, 0.1) is 0 Å². The molecule has 0 fully saturated rings. The van der Waals surface area contributed by atoms with Gasteiger partial charge in [0, 0.05) is 6.42 Å². The van der Waals surface area contributed by atoms with E-state index in [0.29, 0.717) is 17.9 Å². The number of hydrogen-bond acceptors (Lipinski definition) is 4. The molecular weight excluding hydrogens is 364 g/mol. The Morgan fingerprint density at radius 2 is 1.74 bits per heavy atom. The second kappa shape index (κ2) is 9.54. The lowest BCUT2D eigenvalue weighted by Gasteiger charge is -2.02. The molecule has 7 heteroatoms. The van der Waals surface area contributed by atoms with Crippen LogP contribution < -0.4 is 5.73 Å². The highest BCUT2D eigenvalue weighted by Crippen LogP contribution is 2.22. The Hall–Kier alpha value is -3.12. The first kappa shape index (κ1) is 20.2. The van der Waals surface area contributed by atoms with E-state index in [2.05, 4.69) is 10.1 Å². The van der Waals surface area contributed by atoms with Crippen LogP contribution in [0.5, 0.6) is 0 Å². The second-order valence-corrected chi connectivity index (χ2v) is 5.63. The lowest BCUT2D eigenvalue weighted by Crippen LogP contribution is -2.15. The molecule has 3 rings (SSSR count). The fourth-order valence-electron chi connectivity index (χ4n) is 2.50. The largest absolute Gasteiger partial charge is 0.461 e. The summed E-state index contributed by atoms with van der Waals surface area (Å²) in [6, 6.07) is 19.3. The van der Waals surface area contributed by atoms with Crippen molar-refractivity contribution in [1.29, 1.82) is 0 Å². The number of aliphatic imine (C=N–C) groups is 1. The highest BCUT2D eigenvalue weighted by atomic mass is 35.5. The molecule has 0 atom stereocenters. The summed E-state index contributed by atoms with van der Waals surface area (Å²) in [4.78, 5) is 16.7. The lowest BCUT2D eigenvalue weighted by molar-refractivity contribution is 0.0520. The third-order valence-corrected chi connectivity index (χ3v) is 3.68. The van der Waals surface area contributed by atoms with Gasteiger partial charge in [0.25, 0.3) is 0 Å². The zero-order chi connectivity index (χ0) is 18.4. The number of halogens is 1. The summed E-state index contributed by atoms with van der Waals surface area (Å²) >= 11 is 0. The Labute approximate surface area is 164 Å². The molecule has 0 amide bonds.